The van der Waals surface area contributed by atoms with E-state index in [-0.39, 0.29) is 35.4 Å². The van der Waals surface area contributed by atoms with Gasteiger partial charge in [0, 0.05) is 28.9 Å². The van der Waals surface area contributed by atoms with Crippen LogP contribution in [0.3, 0.4) is 0 Å². The molecule has 2 atom stereocenters. The number of benzene rings is 2. The molecule has 0 amide bonds. The van der Waals surface area contributed by atoms with Crippen molar-refractivity contribution in [3.05, 3.63) is 57.6 Å². The minimum atomic E-state index is -3.07. The normalized spacial score (nSPS) is 14.1. The quantitative estimate of drug-likeness (QED) is 0.274. The molecule has 0 aliphatic heterocycles. The summed E-state index contributed by atoms with van der Waals surface area (Å²) in [6, 6.07) is 11.7. The average Bonchev–Trinajstić information content (AvgIpc) is 2.76. The van der Waals surface area contributed by atoms with Gasteiger partial charge in [0.25, 0.3) is 0 Å². The maximum absolute atomic E-state index is 11.8. The van der Waals surface area contributed by atoms with Gasteiger partial charge in [-0.3, -0.25) is 0 Å². The van der Waals surface area contributed by atoms with Crippen LogP contribution in [0.5, 0.6) is 11.5 Å². The lowest BCUT2D eigenvalue weighted by atomic mass is 9.78. The molecule has 4 nitrogen and oxygen atoms in total. The van der Waals surface area contributed by atoms with E-state index in [1.165, 1.54) is 0 Å². The number of sulfone groups is 1. The summed E-state index contributed by atoms with van der Waals surface area (Å²) in [5, 5.41) is 0.789. The van der Waals surface area contributed by atoms with Crippen LogP contribution in [0, 0.1) is 11.8 Å². The number of rotatable bonds is 12. The molecule has 0 radical (unpaired) electrons. The van der Waals surface area contributed by atoms with E-state index in [9.17, 15) is 8.42 Å². The van der Waals surface area contributed by atoms with E-state index >= 15 is 0 Å². The van der Waals surface area contributed by atoms with E-state index < -0.39 is 9.84 Å². The van der Waals surface area contributed by atoms with Gasteiger partial charge in [0.2, 0.25) is 0 Å². The lowest BCUT2D eigenvalue weighted by Gasteiger charge is -2.27. The highest BCUT2D eigenvalue weighted by Gasteiger charge is 2.26. The van der Waals surface area contributed by atoms with Crippen molar-refractivity contribution in [1.82, 2.24) is 0 Å². The summed E-state index contributed by atoms with van der Waals surface area (Å²) < 4.78 is 35.2. The molecule has 8 heteroatoms. The van der Waals surface area contributed by atoms with Crippen molar-refractivity contribution in [2.45, 2.75) is 40.0 Å². The molecular formula is C25H33Cl3O4S. The zero-order valence-electron chi connectivity index (χ0n) is 19.8. The number of hydrogen-bond donors (Lipinski definition) is 0. The topological polar surface area (TPSA) is 52.6 Å². The third kappa shape index (κ3) is 7.95. The SMILES string of the molecule is CCS(=O)(=O)C[C@@H](C)COc1c(Cl)cc(C(C)(C)c2ccc(OC[C@H](C)CCl)cc2)cc1Cl. The van der Waals surface area contributed by atoms with E-state index in [1.807, 2.05) is 50.2 Å². The van der Waals surface area contributed by atoms with Crippen LogP contribution in [0.25, 0.3) is 0 Å². The van der Waals surface area contributed by atoms with Crippen molar-refractivity contribution in [1.29, 1.82) is 0 Å². The van der Waals surface area contributed by atoms with Crippen LogP contribution >= 0.6 is 34.8 Å². The number of alkyl halides is 1. The molecule has 0 unspecified atom stereocenters. The summed E-state index contributed by atoms with van der Waals surface area (Å²) in [5.74, 6) is 2.01. The fourth-order valence-electron chi connectivity index (χ4n) is 3.30. The highest BCUT2D eigenvalue weighted by Crippen LogP contribution is 2.41. The average molecular weight is 536 g/mol. The summed E-state index contributed by atoms with van der Waals surface area (Å²) in [5.41, 5.74) is 1.66. The molecule has 0 bridgehead atoms. The maximum atomic E-state index is 11.8. The van der Waals surface area contributed by atoms with Crippen LogP contribution in [-0.4, -0.2) is 39.0 Å². The Labute approximate surface area is 213 Å². The Morgan fingerprint density at radius 2 is 1.45 bits per heavy atom. The zero-order chi connectivity index (χ0) is 24.8. The third-order valence-corrected chi connectivity index (χ3v) is 8.63. The Bertz CT molecular complexity index is 997. The van der Waals surface area contributed by atoms with E-state index in [2.05, 4.69) is 13.8 Å². The molecule has 0 spiro atoms. The van der Waals surface area contributed by atoms with Gasteiger partial charge in [-0.2, -0.15) is 0 Å². The molecule has 0 saturated carbocycles. The molecule has 33 heavy (non-hydrogen) atoms. The number of ether oxygens (including phenoxy) is 2. The first-order valence-corrected chi connectivity index (χ1v) is 14.1. The summed E-state index contributed by atoms with van der Waals surface area (Å²) in [7, 11) is -3.07. The van der Waals surface area contributed by atoms with Gasteiger partial charge in [0.1, 0.15) is 15.6 Å². The second-order valence-corrected chi connectivity index (χ2v) is 12.6. The first-order chi connectivity index (χ1) is 15.4. The molecule has 0 aliphatic carbocycles. The van der Waals surface area contributed by atoms with Gasteiger partial charge < -0.3 is 9.47 Å². The second kappa shape index (κ2) is 12.0. The Morgan fingerprint density at radius 3 is 1.97 bits per heavy atom. The Morgan fingerprint density at radius 1 is 0.909 bits per heavy atom. The molecule has 184 valence electrons. The smallest absolute Gasteiger partial charge is 0.156 e. The predicted octanol–water partition coefficient (Wildman–Crippen LogP) is 7.02. The second-order valence-electron chi connectivity index (χ2n) is 9.10. The van der Waals surface area contributed by atoms with Gasteiger partial charge in [0.05, 0.1) is 29.0 Å². The number of halogens is 3. The van der Waals surface area contributed by atoms with Crippen LogP contribution in [0.4, 0.5) is 0 Å². The Balaban J connectivity index is 2.15. The molecule has 0 heterocycles. The van der Waals surface area contributed by atoms with E-state index in [0.717, 1.165) is 16.9 Å². The van der Waals surface area contributed by atoms with Crippen molar-refractivity contribution in [3.63, 3.8) is 0 Å². The highest BCUT2D eigenvalue weighted by atomic mass is 35.5. The Hall–Kier alpha value is -1.14. The Kier molecular flexibility index (Phi) is 10.2. The van der Waals surface area contributed by atoms with Crippen molar-refractivity contribution in [3.8, 4) is 11.5 Å². The van der Waals surface area contributed by atoms with Gasteiger partial charge >= 0.3 is 0 Å². The summed E-state index contributed by atoms with van der Waals surface area (Å²) in [6.07, 6.45) is 0. The standard InChI is InChI=1S/C25H33Cl3O4S/c1-6-33(29,30)16-18(3)15-32-24-22(27)11-20(12-23(24)28)25(4,5)19-7-9-21(10-8-19)31-14-17(2)13-26/h7-12,17-18H,6,13-16H2,1-5H3/t17-,18+/m1/s1. The fourth-order valence-corrected chi connectivity index (χ4v) is 5.19. The van der Waals surface area contributed by atoms with Gasteiger partial charge in [-0.05, 0) is 35.4 Å². The minimum Gasteiger partial charge on any atom is -0.493 e. The van der Waals surface area contributed by atoms with Crippen molar-refractivity contribution >= 4 is 44.6 Å². The largest absolute Gasteiger partial charge is 0.493 e. The molecule has 2 aromatic carbocycles. The van der Waals surface area contributed by atoms with Gasteiger partial charge in [-0.1, -0.05) is 70.0 Å². The number of hydrogen-bond acceptors (Lipinski definition) is 4. The van der Waals surface area contributed by atoms with Crippen molar-refractivity contribution in [2.24, 2.45) is 11.8 Å². The molecule has 0 aromatic heterocycles. The first-order valence-electron chi connectivity index (χ1n) is 11.0. The maximum Gasteiger partial charge on any atom is 0.156 e. The molecule has 0 fully saturated rings. The molecule has 0 N–H and O–H groups in total. The van der Waals surface area contributed by atoms with Crippen LogP contribution in [0.15, 0.2) is 36.4 Å². The minimum absolute atomic E-state index is 0.0638. The van der Waals surface area contributed by atoms with Crippen molar-refractivity contribution < 1.29 is 17.9 Å². The lowest BCUT2D eigenvalue weighted by Crippen LogP contribution is -2.21. The van der Waals surface area contributed by atoms with Crippen LogP contribution in [-0.2, 0) is 15.3 Å². The summed E-state index contributed by atoms with van der Waals surface area (Å²) in [4.78, 5) is 0. The lowest BCUT2D eigenvalue weighted by molar-refractivity contribution is 0.272. The van der Waals surface area contributed by atoms with Gasteiger partial charge in [-0.15, -0.1) is 11.6 Å². The molecular weight excluding hydrogens is 503 g/mol. The van der Waals surface area contributed by atoms with E-state index in [0.29, 0.717) is 28.3 Å². The van der Waals surface area contributed by atoms with Crippen LogP contribution in [0.1, 0.15) is 45.7 Å². The van der Waals surface area contributed by atoms with E-state index in [1.54, 1.807) is 6.92 Å². The zero-order valence-corrected chi connectivity index (χ0v) is 22.9. The van der Waals surface area contributed by atoms with Crippen molar-refractivity contribution in [2.75, 3.05) is 30.6 Å². The third-order valence-electron chi connectivity index (χ3n) is 5.58. The highest BCUT2D eigenvalue weighted by molar-refractivity contribution is 7.91. The molecule has 0 aliphatic rings. The monoisotopic (exact) mass is 534 g/mol. The predicted molar refractivity (Wildman–Crippen MR) is 139 cm³/mol. The van der Waals surface area contributed by atoms with Gasteiger partial charge in [-0.25, -0.2) is 8.42 Å². The van der Waals surface area contributed by atoms with Gasteiger partial charge in [0.15, 0.2) is 5.75 Å². The fraction of sp³-hybridized carbons (Fsp3) is 0.520. The van der Waals surface area contributed by atoms with Crippen LogP contribution in [0.2, 0.25) is 10.0 Å². The van der Waals surface area contributed by atoms with E-state index in [4.69, 9.17) is 44.3 Å². The summed E-state index contributed by atoms with van der Waals surface area (Å²) >= 11 is 18.9. The molecule has 0 saturated heterocycles. The summed E-state index contributed by atoms with van der Waals surface area (Å²) in [6.45, 7) is 10.5. The first kappa shape index (κ1) is 28.1. The molecule has 2 rings (SSSR count). The molecule has 2 aromatic rings. The van der Waals surface area contributed by atoms with Crippen LogP contribution < -0.4 is 9.47 Å².